The van der Waals surface area contributed by atoms with E-state index in [1.807, 2.05) is 13.0 Å². The standard InChI is InChI=1S/C15H12N2O3/c1-9-7-14(18)20-13-8-10(4-5-11(9)13)17-15(19)12-3-2-6-16-12/h2-8,16H,1H3,(H,17,19). The van der Waals surface area contributed by atoms with Gasteiger partial charge in [-0.2, -0.15) is 0 Å². The molecule has 1 aromatic carbocycles. The highest BCUT2D eigenvalue weighted by Crippen LogP contribution is 2.21. The summed E-state index contributed by atoms with van der Waals surface area (Å²) >= 11 is 0. The van der Waals surface area contributed by atoms with Crippen LogP contribution in [0.2, 0.25) is 0 Å². The lowest BCUT2D eigenvalue weighted by atomic mass is 10.1. The summed E-state index contributed by atoms with van der Waals surface area (Å²) in [6.07, 6.45) is 1.68. The van der Waals surface area contributed by atoms with Crippen LogP contribution < -0.4 is 10.9 Å². The van der Waals surface area contributed by atoms with Crippen molar-refractivity contribution in [1.29, 1.82) is 0 Å². The number of nitrogens with one attached hydrogen (secondary N) is 2. The maximum atomic E-state index is 11.9. The average Bonchev–Trinajstić information content (AvgIpc) is 2.91. The maximum Gasteiger partial charge on any atom is 0.336 e. The van der Waals surface area contributed by atoms with Crippen LogP contribution in [0.15, 0.2) is 51.8 Å². The van der Waals surface area contributed by atoms with Crippen molar-refractivity contribution < 1.29 is 9.21 Å². The molecule has 2 heterocycles. The molecule has 0 saturated carbocycles. The van der Waals surface area contributed by atoms with E-state index < -0.39 is 5.63 Å². The third kappa shape index (κ3) is 2.21. The van der Waals surface area contributed by atoms with E-state index in [-0.39, 0.29) is 5.91 Å². The van der Waals surface area contributed by atoms with Gasteiger partial charge in [0.1, 0.15) is 11.3 Å². The highest BCUT2D eigenvalue weighted by atomic mass is 16.4. The fourth-order valence-corrected chi connectivity index (χ4v) is 2.07. The number of amides is 1. The Hall–Kier alpha value is -2.82. The van der Waals surface area contributed by atoms with Crippen LogP contribution in [0, 0.1) is 6.92 Å². The number of fused-ring (bicyclic) bond motifs is 1. The maximum absolute atomic E-state index is 11.9. The van der Waals surface area contributed by atoms with Gasteiger partial charge in [-0.15, -0.1) is 0 Å². The fourth-order valence-electron chi connectivity index (χ4n) is 2.07. The van der Waals surface area contributed by atoms with Crippen molar-refractivity contribution in [3.63, 3.8) is 0 Å². The molecule has 0 spiro atoms. The van der Waals surface area contributed by atoms with E-state index in [1.165, 1.54) is 6.07 Å². The second kappa shape index (κ2) is 4.70. The molecule has 5 heteroatoms. The molecule has 20 heavy (non-hydrogen) atoms. The number of benzene rings is 1. The molecule has 0 saturated heterocycles. The van der Waals surface area contributed by atoms with E-state index in [9.17, 15) is 9.59 Å². The van der Waals surface area contributed by atoms with Crippen LogP contribution in [0.1, 0.15) is 16.1 Å². The van der Waals surface area contributed by atoms with E-state index >= 15 is 0 Å². The first-order chi connectivity index (χ1) is 9.63. The summed E-state index contributed by atoms with van der Waals surface area (Å²) in [6.45, 7) is 1.84. The lowest BCUT2D eigenvalue weighted by Crippen LogP contribution is -2.12. The molecule has 0 atom stereocenters. The topological polar surface area (TPSA) is 75.1 Å². The number of H-pyrrole nitrogens is 1. The summed E-state index contributed by atoms with van der Waals surface area (Å²) in [4.78, 5) is 26.1. The van der Waals surface area contributed by atoms with Crippen LogP contribution in [-0.2, 0) is 0 Å². The monoisotopic (exact) mass is 268 g/mol. The molecule has 0 radical (unpaired) electrons. The number of rotatable bonds is 2. The van der Waals surface area contributed by atoms with E-state index in [1.54, 1.807) is 30.5 Å². The molecule has 0 aliphatic heterocycles. The van der Waals surface area contributed by atoms with E-state index in [0.717, 1.165) is 10.9 Å². The van der Waals surface area contributed by atoms with Crippen molar-refractivity contribution in [3.05, 3.63) is 64.3 Å². The molecule has 100 valence electrons. The Balaban J connectivity index is 1.97. The van der Waals surface area contributed by atoms with Crippen molar-refractivity contribution in [2.24, 2.45) is 0 Å². The molecular weight excluding hydrogens is 256 g/mol. The van der Waals surface area contributed by atoms with Gasteiger partial charge in [0.05, 0.1) is 0 Å². The summed E-state index contributed by atoms with van der Waals surface area (Å²) in [5.41, 5.74) is 1.95. The number of hydrogen-bond donors (Lipinski definition) is 2. The number of aromatic nitrogens is 1. The van der Waals surface area contributed by atoms with Crippen LogP contribution in [-0.4, -0.2) is 10.9 Å². The molecule has 2 aromatic heterocycles. The molecule has 0 aliphatic rings. The van der Waals surface area contributed by atoms with Crippen LogP contribution >= 0.6 is 0 Å². The van der Waals surface area contributed by atoms with Crippen molar-refractivity contribution in [3.8, 4) is 0 Å². The zero-order valence-corrected chi connectivity index (χ0v) is 10.8. The average molecular weight is 268 g/mol. The molecule has 3 rings (SSSR count). The number of aryl methyl sites for hydroxylation is 1. The molecule has 0 aliphatic carbocycles. The van der Waals surface area contributed by atoms with Gasteiger partial charge in [-0.05, 0) is 36.8 Å². The quantitative estimate of drug-likeness (QED) is 0.702. The number of hydrogen-bond acceptors (Lipinski definition) is 3. The predicted octanol–water partition coefficient (Wildman–Crippen LogP) is 2.68. The molecule has 0 unspecified atom stereocenters. The van der Waals surface area contributed by atoms with Gasteiger partial charge in [-0.25, -0.2) is 4.79 Å². The largest absolute Gasteiger partial charge is 0.423 e. The highest BCUT2D eigenvalue weighted by molar-refractivity contribution is 6.03. The van der Waals surface area contributed by atoms with Crippen molar-refractivity contribution in [2.75, 3.05) is 5.32 Å². The third-order valence-electron chi connectivity index (χ3n) is 3.05. The minimum Gasteiger partial charge on any atom is -0.423 e. The summed E-state index contributed by atoms with van der Waals surface area (Å²) in [6, 6.07) is 10.1. The van der Waals surface area contributed by atoms with Gasteiger partial charge in [-0.3, -0.25) is 4.79 Å². The van der Waals surface area contributed by atoms with Gasteiger partial charge < -0.3 is 14.7 Å². The van der Waals surface area contributed by atoms with Crippen LogP contribution in [0.5, 0.6) is 0 Å². The lowest BCUT2D eigenvalue weighted by molar-refractivity contribution is 0.102. The predicted molar refractivity (Wildman–Crippen MR) is 76.0 cm³/mol. The number of anilines is 1. The fraction of sp³-hybridized carbons (Fsp3) is 0.0667. The van der Waals surface area contributed by atoms with Gasteiger partial charge in [0.15, 0.2) is 0 Å². The smallest absolute Gasteiger partial charge is 0.336 e. The minimum atomic E-state index is -0.400. The zero-order valence-electron chi connectivity index (χ0n) is 10.8. The Morgan fingerprint density at radius 3 is 2.85 bits per heavy atom. The highest BCUT2D eigenvalue weighted by Gasteiger charge is 2.08. The second-order valence-electron chi connectivity index (χ2n) is 4.50. The van der Waals surface area contributed by atoms with Crippen LogP contribution in [0.3, 0.4) is 0 Å². The molecule has 5 nitrogen and oxygen atoms in total. The Bertz CT molecular complexity index is 832. The van der Waals surface area contributed by atoms with Gasteiger partial charge in [0, 0.05) is 29.4 Å². The van der Waals surface area contributed by atoms with Gasteiger partial charge in [-0.1, -0.05) is 0 Å². The molecule has 0 bridgehead atoms. The molecule has 3 aromatic rings. The minimum absolute atomic E-state index is 0.246. The summed E-state index contributed by atoms with van der Waals surface area (Å²) in [7, 11) is 0. The Labute approximate surface area is 114 Å². The van der Waals surface area contributed by atoms with Crippen molar-refractivity contribution in [1.82, 2.24) is 4.98 Å². The summed E-state index contributed by atoms with van der Waals surface area (Å²) in [5, 5.41) is 3.59. The van der Waals surface area contributed by atoms with Crippen LogP contribution in [0.25, 0.3) is 11.0 Å². The third-order valence-corrected chi connectivity index (χ3v) is 3.05. The van der Waals surface area contributed by atoms with Gasteiger partial charge in [0.2, 0.25) is 0 Å². The molecular formula is C15H12N2O3. The first-order valence-corrected chi connectivity index (χ1v) is 6.13. The lowest BCUT2D eigenvalue weighted by Gasteiger charge is -2.06. The van der Waals surface area contributed by atoms with Gasteiger partial charge in [0.25, 0.3) is 5.91 Å². The summed E-state index contributed by atoms with van der Waals surface area (Å²) < 4.78 is 5.14. The van der Waals surface area contributed by atoms with E-state index in [2.05, 4.69) is 10.3 Å². The summed E-state index contributed by atoms with van der Waals surface area (Å²) in [5.74, 6) is -0.246. The number of carbonyl (C=O) groups excluding carboxylic acids is 1. The first kappa shape index (κ1) is 12.2. The van der Waals surface area contributed by atoms with E-state index in [0.29, 0.717) is 17.0 Å². The molecule has 1 amide bonds. The van der Waals surface area contributed by atoms with Crippen LogP contribution in [0.4, 0.5) is 5.69 Å². The van der Waals surface area contributed by atoms with Gasteiger partial charge >= 0.3 is 5.63 Å². The second-order valence-corrected chi connectivity index (χ2v) is 4.50. The Morgan fingerprint density at radius 2 is 2.10 bits per heavy atom. The zero-order chi connectivity index (χ0) is 14.1. The SMILES string of the molecule is Cc1cc(=O)oc2cc(NC(=O)c3ccc[nH]3)ccc12. The van der Waals surface area contributed by atoms with E-state index in [4.69, 9.17) is 4.42 Å². The van der Waals surface area contributed by atoms with Crippen molar-refractivity contribution >= 4 is 22.6 Å². The number of aromatic amines is 1. The Kier molecular flexibility index (Phi) is 2.87. The normalized spacial score (nSPS) is 10.7. The molecule has 2 N–H and O–H groups in total. The first-order valence-electron chi connectivity index (χ1n) is 6.13. The molecule has 0 fully saturated rings. The number of carbonyl (C=O) groups is 1. The Morgan fingerprint density at radius 1 is 1.25 bits per heavy atom. The van der Waals surface area contributed by atoms with Crippen molar-refractivity contribution in [2.45, 2.75) is 6.92 Å².